The molecule has 0 aliphatic rings. The standard InChI is InChI=1S/C96H82N4OSi2.Pt/c1-94(2,3)72-56-57-97-92(64-72)100-86-51-32-31-50-84(86)85-54-53-77(66-88(85)100)101-76-37-33-36-75(65-76)98-67-99(87-55-52-69(60-89(87)98)70-58-73(95(4,5)6)63-74(59-70)96(7,8)9)93-90(102(78-38-19-11-20-39-78,79-40-21-12-22-41-79)80-42-23-13-24-43-80)61-71(68-34-17-10-18-35-68)62-91(93)103(81-44-25-14-26-45-81,82-46-27-15-28-47-82)83-48-29-16-30-49-83;/h10-64H,1-9H3;/q-2;/i10D,11D,12D,13D,14D,15D,16D,17D,18D,19D,20D,21D,22D,23D,24D,25D,26D,27D,28D,29D,30D,34D,35D,38D,39D,40D,41D,42D,43D,44D,45D,46D,47D,48D,49D;. The van der Waals surface area contributed by atoms with E-state index in [1.54, 1.807) is 24.4 Å². The summed E-state index contributed by atoms with van der Waals surface area (Å²) in [5.74, 6) is 0.548. The minimum absolute atomic E-state index is 0. The molecule has 0 aliphatic heterocycles. The van der Waals surface area contributed by atoms with E-state index in [-0.39, 0.29) is 54.7 Å². The predicted octanol–water partition coefficient (Wildman–Crippen LogP) is 17.6. The van der Waals surface area contributed by atoms with Crippen LogP contribution in [0.3, 0.4) is 0 Å². The number of ether oxygens (including phenoxy) is 1. The first-order valence-electron chi connectivity index (χ1n) is 50.5. The molecule has 0 spiro atoms. The summed E-state index contributed by atoms with van der Waals surface area (Å²) < 4.78 is 363. The topological polar surface area (TPSA) is 35.9 Å². The zero-order valence-electron chi connectivity index (χ0n) is 92.6. The van der Waals surface area contributed by atoms with Crippen molar-refractivity contribution in [3.8, 4) is 50.9 Å². The van der Waals surface area contributed by atoms with Crippen molar-refractivity contribution in [2.24, 2.45) is 0 Å². The first kappa shape index (κ1) is 39.2. The molecule has 8 heteroatoms. The van der Waals surface area contributed by atoms with Crippen LogP contribution in [0.15, 0.2) is 333 Å². The van der Waals surface area contributed by atoms with E-state index in [2.05, 4.69) is 39.2 Å². The molecule has 3 aromatic heterocycles. The van der Waals surface area contributed by atoms with Crippen molar-refractivity contribution in [2.45, 2.75) is 78.6 Å². The molecule has 3 heterocycles. The molecule has 0 radical (unpaired) electrons. The first-order valence-corrected chi connectivity index (χ1v) is 37.0. The van der Waals surface area contributed by atoms with E-state index in [1.807, 2.05) is 107 Å². The average molecular weight is 1590 g/mol. The Labute approximate surface area is 677 Å². The maximum absolute atomic E-state index is 10.7. The number of benzene rings is 13. The van der Waals surface area contributed by atoms with Crippen LogP contribution in [0, 0.1) is 18.5 Å². The largest absolute Gasteiger partial charge is 0.510 e. The van der Waals surface area contributed by atoms with Gasteiger partial charge in [-0.05, 0) is 132 Å². The van der Waals surface area contributed by atoms with Gasteiger partial charge in [0.2, 0.25) is 0 Å². The van der Waals surface area contributed by atoms with Crippen molar-refractivity contribution >= 4 is 90.5 Å². The molecule has 16 aromatic rings. The van der Waals surface area contributed by atoms with Gasteiger partial charge < -0.3 is 13.9 Å². The summed E-state index contributed by atoms with van der Waals surface area (Å²) in [6, 6.07) is -8.15. The van der Waals surface area contributed by atoms with Gasteiger partial charge in [-0.2, -0.15) is 18.2 Å². The number of imidazole rings is 1. The number of rotatable bonds is 15. The molecule has 0 N–H and O–H groups in total. The van der Waals surface area contributed by atoms with Crippen LogP contribution < -0.4 is 50.8 Å². The molecule has 0 saturated carbocycles. The zero-order valence-corrected chi connectivity index (χ0v) is 61.8. The Morgan fingerprint density at radius 1 is 0.394 bits per heavy atom. The summed E-state index contributed by atoms with van der Waals surface area (Å²) >= 11 is 0. The molecule has 0 fully saturated rings. The number of aromatic nitrogens is 4. The third-order valence-electron chi connectivity index (χ3n) is 18.4. The van der Waals surface area contributed by atoms with E-state index in [1.165, 1.54) is 28.8 Å². The van der Waals surface area contributed by atoms with Crippen LogP contribution >= 0.6 is 0 Å². The van der Waals surface area contributed by atoms with Crippen LogP contribution in [0.4, 0.5) is 0 Å². The summed E-state index contributed by atoms with van der Waals surface area (Å²) in [4.78, 5) is 4.85. The second-order valence-electron chi connectivity index (χ2n) is 27.8. The minimum atomic E-state index is -7.27. The Morgan fingerprint density at radius 3 is 1.35 bits per heavy atom. The molecule has 104 heavy (non-hydrogen) atoms. The molecule has 13 aromatic carbocycles. The van der Waals surface area contributed by atoms with Crippen molar-refractivity contribution in [1.29, 1.82) is 0 Å². The Hall–Kier alpha value is -10.8. The zero-order chi connectivity index (χ0) is 101. The van der Waals surface area contributed by atoms with Gasteiger partial charge in [0.05, 0.1) is 64.7 Å². The summed E-state index contributed by atoms with van der Waals surface area (Å²) in [7, 11) is -14.5. The summed E-state index contributed by atoms with van der Waals surface area (Å²) in [5, 5.41) is -8.57. The number of para-hydroxylation sites is 1. The van der Waals surface area contributed by atoms with Gasteiger partial charge in [-0.1, -0.05) is 340 Å². The van der Waals surface area contributed by atoms with Gasteiger partial charge in [0.15, 0.2) is 16.1 Å². The Balaban J connectivity index is 0.0000146. The van der Waals surface area contributed by atoms with Crippen molar-refractivity contribution in [2.75, 3.05) is 0 Å². The van der Waals surface area contributed by atoms with Crippen LogP contribution in [0.5, 0.6) is 11.5 Å². The van der Waals surface area contributed by atoms with Crippen LogP contribution in [0.2, 0.25) is 0 Å². The van der Waals surface area contributed by atoms with E-state index in [9.17, 15) is 46.6 Å². The van der Waals surface area contributed by atoms with Gasteiger partial charge in [-0.25, -0.2) is 4.98 Å². The van der Waals surface area contributed by atoms with Gasteiger partial charge in [0, 0.05) is 44.3 Å². The first-order chi connectivity index (χ1) is 64.4. The van der Waals surface area contributed by atoms with Crippen LogP contribution in [-0.2, 0) is 37.3 Å². The van der Waals surface area contributed by atoms with Crippen molar-refractivity contribution in [1.82, 2.24) is 14.1 Å². The second-order valence-corrected chi connectivity index (χ2v) is 34.9. The molecule has 0 amide bonds. The molecule has 512 valence electrons. The fourth-order valence-corrected chi connectivity index (χ4v) is 21.6. The Morgan fingerprint density at radius 2 is 0.856 bits per heavy atom. The van der Waals surface area contributed by atoms with Gasteiger partial charge in [0.1, 0.15) is 5.82 Å². The molecule has 0 bridgehead atoms. The molecule has 0 aliphatic carbocycles. The maximum Gasteiger partial charge on any atom is 0.268 e. The number of nitrogens with zero attached hydrogens (tertiary/aromatic N) is 4. The molecule has 16 rings (SSSR count). The molecule has 0 atom stereocenters. The van der Waals surface area contributed by atoms with E-state index < -0.39 is 297 Å². The van der Waals surface area contributed by atoms with Crippen molar-refractivity contribution < 1.29 is 78.3 Å². The Bertz CT molecular complexity index is 7230. The number of fused-ring (bicyclic) bond motifs is 4. The van der Waals surface area contributed by atoms with Crippen LogP contribution in [0.25, 0.3) is 72.3 Å². The number of hydrogen-bond acceptors (Lipinski definition) is 2. The third-order valence-corrected chi connectivity index (χ3v) is 26.8. The Kier molecular flexibility index (Phi) is 10.5. The molecule has 0 unspecified atom stereocenters. The maximum atomic E-state index is 10.7. The van der Waals surface area contributed by atoms with E-state index in [0.29, 0.717) is 22.5 Å². The SMILES string of the molecule is [2H]c1c([2H])c([2H])c(-c2cc([Si](c3c([2H])c([2H])c([2H])c([2H])c3[2H])(c3c([2H])c([2H])c([2H])c([2H])c3[2H])c3c([2H])c([2H])c([2H])c([2H])c3[2H])c(-[n+]3[c-]n(-c4[c-]c(Oc5[c-]c6c(cc5)c5ccccc5n6-c5cc(C(C)(C)C)ccn5)ccc4)c4cc(-c5cc(C(C)(C)C)cc(C(C)(C)C)c5)ccc43)c([Si](c3c([2H])c([2H])c([2H])c([2H])c3[2H])(c3c([2H])c([2H])c([2H])c([2H])c3[2H])c3c([2H])c([2H])c([2H])c([2H])c3[2H])c2)c([2H])c1[2H].[Pt]. The van der Waals surface area contributed by atoms with Crippen LogP contribution in [-0.4, -0.2) is 30.3 Å². The van der Waals surface area contributed by atoms with E-state index in [0.717, 1.165) is 49.7 Å². The number of pyridine rings is 1. The van der Waals surface area contributed by atoms with Gasteiger partial charge in [-0.3, -0.25) is 4.57 Å². The molecular formula is C96H82N4OPtSi2-2. The van der Waals surface area contributed by atoms with Crippen LogP contribution in [0.1, 0.15) is 127 Å². The third kappa shape index (κ3) is 12.4. The second kappa shape index (κ2) is 27.8. The van der Waals surface area contributed by atoms with Gasteiger partial charge in [-0.15, -0.1) is 29.7 Å². The smallest absolute Gasteiger partial charge is 0.268 e. The quantitative estimate of drug-likeness (QED) is 0.0444. The summed E-state index contributed by atoms with van der Waals surface area (Å²) in [6.45, 7) is 18.2. The normalized spacial score (nSPS) is 16.9. The average Bonchev–Trinajstić information content (AvgIpc) is 1.51. The fraction of sp³-hybridized carbons (Fsp3) is 0.125. The van der Waals surface area contributed by atoms with E-state index >= 15 is 0 Å². The molecular weight excluding hydrogens is 1480 g/mol. The van der Waals surface area contributed by atoms with Crippen molar-refractivity contribution in [3.05, 3.63) is 368 Å². The van der Waals surface area contributed by atoms with Gasteiger partial charge in [0.25, 0.3) is 6.33 Å². The van der Waals surface area contributed by atoms with E-state index in [4.69, 9.17) is 11.1 Å². The molecule has 5 nitrogen and oxygen atoms in total. The predicted molar refractivity (Wildman–Crippen MR) is 434 cm³/mol. The monoisotopic (exact) mass is 1590 g/mol. The summed E-state index contributed by atoms with van der Waals surface area (Å²) in [5.41, 5.74) is -0.359. The summed E-state index contributed by atoms with van der Waals surface area (Å²) in [6.07, 6.45) is 5.09. The fourth-order valence-electron chi connectivity index (χ4n) is 13.4. The minimum Gasteiger partial charge on any atom is -0.510 e. The molecule has 0 saturated heterocycles. The number of hydrogen-bond donors (Lipinski definition) is 0. The van der Waals surface area contributed by atoms with Gasteiger partial charge >= 0.3 is 0 Å². The van der Waals surface area contributed by atoms with Crippen molar-refractivity contribution in [3.63, 3.8) is 0 Å².